The molecule has 0 spiro atoms. The standard InChI is InChI=1S/2C7H7N/c2*1-3-7-4-2-6-8(7)5-1/h2*1-3,5-6H,4H2. The van der Waals surface area contributed by atoms with Crippen molar-refractivity contribution in [2.24, 2.45) is 0 Å². The molecular formula is C14H14N2. The minimum atomic E-state index is 1.10. The number of hydrogen-bond acceptors (Lipinski definition) is 0. The van der Waals surface area contributed by atoms with E-state index in [1.54, 1.807) is 0 Å². The van der Waals surface area contributed by atoms with Crippen LogP contribution in [0.4, 0.5) is 0 Å². The first kappa shape index (κ1) is 9.28. The fourth-order valence-corrected chi connectivity index (χ4v) is 2.07. The first-order valence-corrected chi connectivity index (χ1v) is 5.58. The third kappa shape index (κ3) is 1.63. The lowest BCUT2D eigenvalue weighted by Crippen LogP contribution is -1.81. The van der Waals surface area contributed by atoms with E-state index in [1.165, 1.54) is 11.4 Å². The molecule has 2 aliphatic rings. The van der Waals surface area contributed by atoms with E-state index in [0.717, 1.165) is 12.8 Å². The van der Waals surface area contributed by atoms with Gasteiger partial charge in [0.2, 0.25) is 0 Å². The molecule has 0 bridgehead atoms. The van der Waals surface area contributed by atoms with Crippen LogP contribution in [0.15, 0.2) is 48.8 Å². The zero-order valence-corrected chi connectivity index (χ0v) is 9.08. The number of nitrogens with zero attached hydrogens (tertiary/aromatic N) is 2. The molecule has 4 rings (SSSR count). The van der Waals surface area contributed by atoms with Crippen LogP contribution in [-0.4, -0.2) is 9.13 Å². The van der Waals surface area contributed by atoms with Gasteiger partial charge in [-0.2, -0.15) is 0 Å². The highest BCUT2D eigenvalue weighted by Gasteiger charge is 1.99. The second-order valence-corrected chi connectivity index (χ2v) is 3.99. The minimum absolute atomic E-state index is 1.10. The maximum Gasteiger partial charge on any atom is 0.0259 e. The predicted molar refractivity (Wildman–Crippen MR) is 66.9 cm³/mol. The normalized spacial score (nSPS) is 14.5. The summed E-state index contributed by atoms with van der Waals surface area (Å²) in [5.74, 6) is 0. The molecule has 0 aromatic carbocycles. The summed E-state index contributed by atoms with van der Waals surface area (Å²) in [6.45, 7) is 0. The molecule has 4 heterocycles. The highest BCUT2D eigenvalue weighted by molar-refractivity contribution is 5.36. The van der Waals surface area contributed by atoms with Crippen molar-refractivity contribution >= 4 is 12.4 Å². The molecule has 2 aromatic rings. The Labute approximate surface area is 95.1 Å². The van der Waals surface area contributed by atoms with Crippen molar-refractivity contribution in [3.8, 4) is 0 Å². The molecule has 2 nitrogen and oxygen atoms in total. The zero-order chi connectivity index (χ0) is 10.8. The quantitative estimate of drug-likeness (QED) is 0.632. The van der Waals surface area contributed by atoms with Crippen molar-refractivity contribution in [2.45, 2.75) is 12.8 Å². The summed E-state index contributed by atoms with van der Waals surface area (Å²) >= 11 is 0. The van der Waals surface area contributed by atoms with Crippen molar-refractivity contribution < 1.29 is 0 Å². The summed E-state index contributed by atoms with van der Waals surface area (Å²) in [4.78, 5) is 0. The summed E-state index contributed by atoms with van der Waals surface area (Å²) in [6, 6.07) is 8.41. The Kier molecular flexibility index (Phi) is 2.26. The van der Waals surface area contributed by atoms with E-state index in [4.69, 9.17) is 0 Å². The van der Waals surface area contributed by atoms with Crippen LogP contribution in [0, 0.1) is 0 Å². The van der Waals surface area contributed by atoms with Gasteiger partial charge in [0.05, 0.1) is 0 Å². The molecule has 0 N–H and O–H groups in total. The first-order chi connectivity index (χ1) is 7.93. The van der Waals surface area contributed by atoms with Crippen molar-refractivity contribution in [2.75, 3.05) is 0 Å². The Hall–Kier alpha value is -1.96. The summed E-state index contributed by atoms with van der Waals surface area (Å²) < 4.78 is 4.28. The molecule has 0 unspecified atom stereocenters. The van der Waals surface area contributed by atoms with Crippen LogP contribution >= 0.6 is 0 Å². The van der Waals surface area contributed by atoms with Crippen molar-refractivity contribution in [3.05, 3.63) is 60.2 Å². The van der Waals surface area contributed by atoms with Crippen LogP contribution in [0.5, 0.6) is 0 Å². The molecule has 0 fully saturated rings. The van der Waals surface area contributed by atoms with Crippen molar-refractivity contribution in [1.29, 1.82) is 0 Å². The van der Waals surface area contributed by atoms with Gasteiger partial charge in [0.25, 0.3) is 0 Å². The van der Waals surface area contributed by atoms with Gasteiger partial charge >= 0.3 is 0 Å². The van der Waals surface area contributed by atoms with E-state index in [0.29, 0.717) is 0 Å². The average molecular weight is 210 g/mol. The number of fused-ring (bicyclic) bond motifs is 2. The Morgan fingerprint density at radius 3 is 1.69 bits per heavy atom. The molecule has 2 heteroatoms. The monoisotopic (exact) mass is 210 g/mol. The molecule has 80 valence electrons. The van der Waals surface area contributed by atoms with E-state index in [9.17, 15) is 0 Å². The van der Waals surface area contributed by atoms with E-state index >= 15 is 0 Å². The van der Waals surface area contributed by atoms with Gasteiger partial charge in [-0.15, -0.1) is 0 Å². The molecule has 0 saturated heterocycles. The molecule has 0 saturated carbocycles. The second kappa shape index (κ2) is 3.89. The number of rotatable bonds is 0. The SMILES string of the molecule is C1=Cn2cccc2C1.C1=Cn2cccc2C1. The van der Waals surface area contributed by atoms with Gasteiger partial charge in [0.1, 0.15) is 0 Å². The van der Waals surface area contributed by atoms with Crippen LogP contribution in [0.3, 0.4) is 0 Å². The molecule has 2 aromatic heterocycles. The summed E-state index contributed by atoms with van der Waals surface area (Å²) in [6.07, 6.45) is 14.9. The van der Waals surface area contributed by atoms with Crippen LogP contribution in [0.2, 0.25) is 0 Å². The van der Waals surface area contributed by atoms with Gasteiger partial charge in [-0.3, -0.25) is 0 Å². The van der Waals surface area contributed by atoms with Gasteiger partial charge in [0.15, 0.2) is 0 Å². The molecular weight excluding hydrogens is 196 g/mol. The lowest BCUT2D eigenvalue weighted by atomic mass is 10.3. The summed E-state index contributed by atoms with van der Waals surface area (Å²) in [5, 5.41) is 0. The predicted octanol–water partition coefficient (Wildman–Crippen LogP) is 3.03. The van der Waals surface area contributed by atoms with Crippen molar-refractivity contribution in [3.63, 3.8) is 0 Å². The summed E-state index contributed by atoms with van der Waals surface area (Å²) in [7, 11) is 0. The van der Waals surface area contributed by atoms with Gasteiger partial charge in [0, 0.05) is 49.0 Å². The number of allylic oxidation sites excluding steroid dienone is 2. The fourth-order valence-electron chi connectivity index (χ4n) is 2.07. The van der Waals surface area contributed by atoms with Gasteiger partial charge < -0.3 is 9.13 Å². The van der Waals surface area contributed by atoms with Crippen molar-refractivity contribution in [1.82, 2.24) is 9.13 Å². The van der Waals surface area contributed by atoms with Crippen LogP contribution < -0.4 is 0 Å². The largest absolute Gasteiger partial charge is 0.328 e. The Morgan fingerprint density at radius 2 is 1.25 bits per heavy atom. The molecule has 0 aliphatic carbocycles. The lowest BCUT2D eigenvalue weighted by Gasteiger charge is -1.88. The fraction of sp³-hybridized carbons (Fsp3) is 0.143. The van der Waals surface area contributed by atoms with Crippen LogP contribution in [-0.2, 0) is 12.8 Å². The van der Waals surface area contributed by atoms with Crippen LogP contribution in [0.25, 0.3) is 12.4 Å². The third-order valence-corrected chi connectivity index (χ3v) is 2.92. The first-order valence-electron chi connectivity index (χ1n) is 5.58. The van der Waals surface area contributed by atoms with Crippen LogP contribution in [0.1, 0.15) is 11.4 Å². The van der Waals surface area contributed by atoms with E-state index in [-0.39, 0.29) is 0 Å². The van der Waals surface area contributed by atoms with E-state index in [1.807, 2.05) is 0 Å². The molecule has 2 aliphatic heterocycles. The number of hydrogen-bond donors (Lipinski definition) is 0. The van der Waals surface area contributed by atoms with Gasteiger partial charge in [-0.25, -0.2) is 0 Å². The van der Waals surface area contributed by atoms with E-state index < -0.39 is 0 Å². The molecule has 0 amide bonds. The third-order valence-electron chi connectivity index (χ3n) is 2.92. The topological polar surface area (TPSA) is 9.86 Å². The molecule has 16 heavy (non-hydrogen) atoms. The maximum absolute atomic E-state index is 2.16. The highest BCUT2D eigenvalue weighted by Crippen LogP contribution is 2.10. The zero-order valence-electron chi connectivity index (χ0n) is 9.08. The molecule has 0 atom stereocenters. The Bertz CT molecular complexity index is 490. The Morgan fingerprint density at radius 1 is 0.750 bits per heavy atom. The van der Waals surface area contributed by atoms with Gasteiger partial charge in [-0.1, -0.05) is 12.2 Å². The maximum atomic E-state index is 2.16. The minimum Gasteiger partial charge on any atom is -0.328 e. The second-order valence-electron chi connectivity index (χ2n) is 3.99. The smallest absolute Gasteiger partial charge is 0.0259 e. The Balaban J connectivity index is 0.000000101. The van der Waals surface area contributed by atoms with E-state index in [2.05, 4.69) is 70.3 Å². The van der Waals surface area contributed by atoms with Gasteiger partial charge in [-0.05, 0) is 24.3 Å². The molecule has 0 radical (unpaired) electrons. The highest BCUT2D eigenvalue weighted by atomic mass is 15.0. The summed E-state index contributed by atoms with van der Waals surface area (Å²) in [5.41, 5.74) is 2.79. The average Bonchev–Trinajstić information content (AvgIpc) is 2.99. The lowest BCUT2D eigenvalue weighted by molar-refractivity contribution is 1.09. The number of aromatic nitrogens is 2.